The number of piperidine rings is 1. The Morgan fingerprint density at radius 3 is 2.75 bits per heavy atom. The van der Waals surface area contributed by atoms with E-state index in [9.17, 15) is 9.90 Å². The molecule has 4 nitrogen and oxygen atoms in total. The van der Waals surface area contributed by atoms with Crippen LogP contribution in [0.5, 0.6) is 0 Å². The van der Waals surface area contributed by atoms with Gasteiger partial charge >= 0.3 is 5.97 Å². The summed E-state index contributed by atoms with van der Waals surface area (Å²) in [5.74, 6) is -0.0932. The highest BCUT2D eigenvalue weighted by Gasteiger charge is 2.39. The second kappa shape index (κ2) is 7.41. The molecule has 4 heteroatoms. The van der Waals surface area contributed by atoms with Crippen molar-refractivity contribution in [3.63, 3.8) is 0 Å². The van der Waals surface area contributed by atoms with E-state index in [1.807, 2.05) is 6.92 Å². The van der Waals surface area contributed by atoms with Crippen LogP contribution in [0.4, 0.5) is 0 Å². The summed E-state index contributed by atoms with van der Waals surface area (Å²) in [4.78, 5) is 14.0. The number of carboxylic acid groups (broad SMARTS) is 1. The maximum absolute atomic E-state index is 11.6. The number of carboxylic acids is 1. The Kier molecular flexibility index (Phi) is 5.85. The monoisotopic (exact) mass is 283 g/mol. The van der Waals surface area contributed by atoms with Crippen LogP contribution in [0.3, 0.4) is 0 Å². The van der Waals surface area contributed by atoms with Crippen LogP contribution >= 0.6 is 0 Å². The van der Waals surface area contributed by atoms with Gasteiger partial charge in [0.1, 0.15) is 0 Å². The summed E-state index contributed by atoms with van der Waals surface area (Å²) in [6, 6.07) is 0.217. The van der Waals surface area contributed by atoms with Gasteiger partial charge in [-0.2, -0.15) is 0 Å². The number of hydrogen-bond donors (Lipinski definition) is 1. The Morgan fingerprint density at radius 2 is 2.10 bits per heavy atom. The second-order valence-corrected chi connectivity index (χ2v) is 6.31. The maximum atomic E-state index is 11.6. The highest BCUT2D eigenvalue weighted by molar-refractivity contribution is 5.71. The van der Waals surface area contributed by atoms with Gasteiger partial charge in [-0.05, 0) is 51.5 Å². The molecular weight excluding hydrogens is 254 g/mol. The van der Waals surface area contributed by atoms with E-state index in [0.29, 0.717) is 12.0 Å². The first-order valence-corrected chi connectivity index (χ1v) is 8.24. The number of rotatable bonds is 5. The van der Waals surface area contributed by atoms with Crippen molar-refractivity contribution >= 4 is 5.97 Å². The van der Waals surface area contributed by atoms with Crippen LogP contribution in [0, 0.1) is 11.8 Å². The van der Waals surface area contributed by atoms with Crippen LogP contribution in [0.1, 0.15) is 52.4 Å². The summed E-state index contributed by atoms with van der Waals surface area (Å²) in [6.45, 7) is 6.96. The Hall–Kier alpha value is -0.610. The van der Waals surface area contributed by atoms with E-state index < -0.39 is 5.97 Å². The van der Waals surface area contributed by atoms with E-state index in [4.69, 9.17) is 4.74 Å². The Bertz CT molecular complexity index is 319. The van der Waals surface area contributed by atoms with E-state index in [-0.39, 0.29) is 12.0 Å². The van der Waals surface area contributed by atoms with Gasteiger partial charge < -0.3 is 9.84 Å². The lowest BCUT2D eigenvalue weighted by Crippen LogP contribution is -2.52. The molecule has 0 spiro atoms. The minimum Gasteiger partial charge on any atom is -0.481 e. The maximum Gasteiger partial charge on any atom is 0.308 e. The molecule has 4 atom stereocenters. The zero-order chi connectivity index (χ0) is 14.5. The van der Waals surface area contributed by atoms with Crippen molar-refractivity contribution < 1.29 is 14.6 Å². The SMILES string of the molecule is CCOC1CCCN(C2CC(CC)CCC2C(=O)O)C1. The molecule has 0 aromatic rings. The molecule has 2 aliphatic rings. The van der Waals surface area contributed by atoms with Gasteiger partial charge in [-0.1, -0.05) is 13.3 Å². The van der Waals surface area contributed by atoms with Crippen molar-refractivity contribution in [2.75, 3.05) is 19.7 Å². The molecule has 0 aromatic heterocycles. The van der Waals surface area contributed by atoms with Crippen LogP contribution < -0.4 is 0 Å². The fourth-order valence-electron chi connectivity index (χ4n) is 3.93. The Morgan fingerprint density at radius 1 is 1.30 bits per heavy atom. The summed E-state index contributed by atoms with van der Waals surface area (Å²) in [6.07, 6.45) is 6.68. The number of likely N-dealkylation sites (tertiary alicyclic amines) is 1. The molecule has 1 saturated carbocycles. The standard InChI is InChI=1S/C16H29NO3/c1-3-12-7-8-14(16(18)19)15(10-12)17-9-5-6-13(11-17)20-4-2/h12-15H,3-11H2,1-2H3,(H,18,19). The van der Waals surface area contributed by atoms with Crippen LogP contribution in [0.25, 0.3) is 0 Å². The zero-order valence-corrected chi connectivity index (χ0v) is 12.9. The fraction of sp³-hybridized carbons (Fsp3) is 0.938. The lowest BCUT2D eigenvalue weighted by atomic mass is 9.76. The number of nitrogens with zero attached hydrogens (tertiary/aromatic N) is 1. The first kappa shape index (κ1) is 15.8. The second-order valence-electron chi connectivity index (χ2n) is 6.31. The molecule has 0 amide bonds. The lowest BCUT2D eigenvalue weighted by Gasteiger charge is -2.44. The molecule has 116 valence electrons. The number of ether oxygens (including phenoxy) is 1. The Balaban J connectivity index is 2.03. The van der Waals surface area contributed by atoms with Crippen molar-refractivity contribution in [3.05, 3.63) is 0 Å². The molecule has 1 N–H and O–H groups in total. The molecule has 0 bridgehead atoms. The number of aliphatic carboxylic acids is 1. The van der Waals surface area contributed by atoms with Crippen molar-refractivity contribution in [1.29, 1.82) is 0 Å². The quantitative estimate of drug-likeness (QED) is 0.843. The molecule has 0 radical (unpaired) electrons. The average Bonchev–Trinajstić information content (AvgIpc) is 2.47. The zero-order valence-electron chi connectivity index (χ0n) is 12.9. The summed E-state index contributed by atoms with van der Waals surface area (Å²) < 4.78 is 5.76. The topological polar surface area (TPSA) is 49.8 Å². The smallest absolute Gasteiger partial charge is 0.308 e. The summed E-state index contributed by atoms with van der Waals surface area (Å²) >= 11 is 0. The third-order valence-electron chi connectivity index (χ3n) is 5.10. The highest BCUT2D eigenvalue weighted by atomic mass is 16.5. The average molecular weight is 283 g/mol. The Labute approximate surface area is 122 Å². The van der Waals surface area contributed by atoms with Crippen molar-refractivity contribution in [2.24, 2.45) is 11.8 Å². The van der Waals surface area contributed by atoms with Crippen LogP contribution in [0.15, 0.2) is 0 Å². The van der Waals surface area contributed by atoms with Crippen LogP contribution in [-0.4, -0.2) is 47.8 Å². The predicted octanol–water partition coefficient (Wildman–Crippen LogP) is 2.77. The first-order valence-electron chi connectivity index (χ1n) is 8.24. The van der Waals surface area contributed by atoms with Crippen molar-refractivity contribution in [3.8, 4) is 0 Å². The summed E-state index contributed by atoms with van der Waals surface area (Å²) in [5.41, 5.74) is 0. The van der Waals surface area contributed by atoms with E-state index in [1.54, 1.807) is 0 Å². The minimum absolute atomic E-state index is 0.182. The molecule has 2 fully saturated rings. The summed E-state index contributed by atoms with van der Waals surface area (Å²) in [5, 5.41) is 9.51. The molecule has 2 rings (SSSR count). The molecule has 1 heterocycles. The number of carbonyl (C=O) groups is 1. The van der Waals surface area contributed by atoms with Crippen LogP contribution in [0.2, 0.25) is 0 Å². The van der Waals surface area contributed by atoms with Gasteiger partial charge in [0.25, 0.3) is 0 Å². The van der Waals surface area contributed by atoms with Gasteiger partial charge in [0.05, 0.1) is 12.0 Å². The van der Waals surface area contributed by atoms with Crippen molar-refractivity contribution in [1.82, 2.24) is 4.90 Å². The molecule has 20 heavy (non-hydrogen) atoms. The normalized spacial score (nSPS) is 35.9. The largest absolute Gasteiger partial charge is 0.481 e. The van der Waals surface area contributed by atoms with Gasteiger partial charge in [0.15, 0.2) is 0 Å². The highest BCUT2D eigenvalue weighted by Crippen LogP contribution is 2.35. The molecule has 1 aliphatic heterocycles. The van der Waals surface area contributed by atoms with E-state index in [1.165, 1.54) is 6.42 Å². The molecule has 0 aromatic carbocycles. The van der Waals surface area contributed by atoms with Crippen molar-refractivity contribution in [2.45, 2.75) is 64.5 Å². The third kappa shape index (κ3) is 3.73. The first-order chi connectivity index (χ1) is 9.65. The van der Waals surface area contributed by atoms with Gasteiger partial charge in [-0.25, -0.2) is 0 Å². The van der Waals surface area contributed by atoms with Gasteiger partial charge in [0, 0.05) is 19.2 Å². The van der Waals surface area contributed by atoms with E-state index in [2.05, 4.69) is 11.8 Å². The third-order valence-corrected chi connectivity index (χ3v) is 5.10. The molecular formula is C16H29NO3. The molecule has 4 unspecified atom stereocenters. The number of hydrogen-bond acceptors (Lipinski definition) is 3. The minimum atomic E-state index is -0.608. The van der Waals surface area contributed by atoms with E-state index in [0.717, 1.165) is 51.8 Å². The fourth-order valence-corrected chi connectivity index (χ4v) is 3.93. The van der Waals surface area contributed by atoms with Gasteiger partial charge in [-0.15, -0.1) is 0 Å². The predicted molar refractivity (Wildman–Crippen MR) is 78.8 cm³/mol. The molecule has 1 saturated heterocycles. The van der Waals surface area contributed by atoms with Gasteiger partial charge in [-0.3, -0.25) is 9.69 Å². The van der Waals surface area contributed by atoms with Gasteiger partial charge in [0.2, 0.25) is 0 Å². The summed E-state index contributed by atoms with van der Waals surface area (Å²) in [7, 11) is 0. The lowest BCUT2D eigenvalue weighted by molar-refractivity contribution is -0.147. The van der Waals surface area contributed by atoms with E-state index >= 15 is 0 Å². The van der Waals surface area contributed by atoms with Crippen LogP contribution in [-0.2, 0) is 9.53 Å². The molecule has 1 aliphatic carbocycles.